The average molecular weight is 316 g/mol. The van der Waals surface area contributed by atoms with Gasteiger partial charge in [0.25, 0.3) is 5.91 Å². The Balaban J connectivity index is 2.34. The van der Waals surface area contributed by atoms with Gasteiger partial charge in [-0.15, -0.1) is 0 Å². The molecule has 0 aliphatic rings. The van der Waals surface area contributed by atoms with E-state index in [-0.39, 0.29) is 11.1 Å². The lowest BCUT2D eigenvalue weighted by atomic mass is 10.0. The van der Waals surface area contributed by atoms with Gasteiger partial charge in [0, 0.05) is 11.8 Å². The van der Waals surface area contributed by atoms with Crippen molar-refractivity contribution in [2.45, 2.75) is 6.92 Å². The molecule has 2 aromatic carbocycles. The monoisotopic (exact) mass is 316 g/mol. The first-order valence-corrected chi connectivity index (χ1v) is 6.71. The molecule has 2 rings (SSSR count). The standard InChI is InChI=1S/C17H14F2N2O2/c1-10-2-3-11(8-15(10)19)14(9-16(20)22)17(23)21-13-6-4-12(18)5-7-13/h2-9H,1H3,(H2,20,22)(H,21,23). The number of carbonyl (C=O) groups excluding carboxylic acids is 2. The quantitative estimate of drug-likeness (QED) is 0.851. The molecule has 0 heterocycles. The highest BCUT2D eigenvalue weighted by Crippen LogP contribution is 2.20. The van der Waals surface area contributed by atoms with Crippen LogP contribution in [-0.2, 0) is 9.59 Å². The van der Waals surface area contributed by atoms with Crippen molar-refractivity contribution in [3.05, 3.63) is 71.3 Å². The first kappa shape index (κ1) is 16.4. The number of carbonyl (C=O) groups is 2. The summed E-state index contributed by atoms with van der Waals surface area (Å²) in [7, 11) is 0. The summed E-state index contributed by atoms with van der Waals surface area (Å²) in [6.45, 7) is 1.58. The Labute approximate surface area is 131 Å². The number of nitrogens with one attached hydrogen (secondary N) is 1. The van der Waals surface area contributed by atoms with E-state index in [1.807, 2.05) is 0 Å². The number of amides is 2. The molecule has 6 heteroatoms. The van der Waals surface area contributed by atoms with E-state index in [0.29, 0.717) is 11.3 Å². The molecule has 0 bridgehead atoms. The third-order valence-electron chi connectivity index (χ3n) is 3.12. The van der Waals surface area contributed by atoms with E-state index in [0.717, 1.165) is 12.1 Å². The number of rotatable bonds is 4. The predicted molar refractivity (Wildman–Crippen MR) is 83.3 cm³/mol. The number of hydrogen-bond acceptors (Lipinski definition) is 2. The third kappa shape index (κ3) is 4.23. The van der Waals surface area contributed by atoms with E-state index in [2.05, 4.69) is 5.32 Å². The minimum Gasteiger partial charge on any atom is -0.366 e. The van der Waals surface area contributed by atoms with Crippen LogP contribution in [0.25, 0.3) is 5.57 Å². The lowest BCUT2D eigenvalue weighted by Gasteiger charge is -2.10. The van der Waals surface area contributed by atoms with Gasteiger partial charge < -0.3 is 11.1 Å². The van der Waals surface area contributed by atoms with Crippen molar-refractivity contribution < 1.29 is 18.4 Å². The van der Waals surface area contributed by atoms with Crippen LogP contribution in [0.15, 0.2) is 48.5 Å². The summed E-state index contributed by atoms with van der Waals surface area (Å²) in [5.74, 6) is -2.45. The van der Waals surface area contributed by atoms with Crippen LogP contribution in [0.2, 0.25) is 0 Å². The minimum atomic E-state index is -0.838. The van der Waals surface area contributed by atoms with Crippen molar-refractivity contribution in [3.63, 3.8) is 0 Å². The highest BCUT2D eigenvalue weighted by Gasteiger charge is 2.15. The van der Waals surface area contributed by atoms with Crippen molar-refractivity contribution in [3.8, 4) is 0 Å². The van der Waals surface area contributed by atoms with Crippen LogP contribution < -0.4 is 11.1 Å². The minimum absolute atomic E-state index is 0.0827. The summed E-state index contributed by atoms with van der Waals surface area (Å²) < 4.78 is 26.6. The topological polar surface area (TPSA) is 72.2 Å². The number of primary amides is 1. The molecule has 0 saturated carbocycles. The summed E-state index contributed by atoms with van der Waals surface area (Å²) in [5.41, 5.74) is 5.98. The molecule has 2 aromatic rings. The molecule has 23 heavy (non-hydrogen) atoms. The number of benzene rings is 2. The number of hydrogen-bond donors (Lipinski definition) is 2. The van der Waals surface area contributed by atoms with Gasteiger partial charge in [0.05, 0.1) is 5.57 Å². The van der Waals surface area contributed by atoms with Gasteiger partial charge in [0.15, 0.2) is 0 Å². The maximum Gasteiger partial charge on any atom is 0.256 e. The Morgan fingerprint density at radius 1 is 1.09 bits per heavy atom. The molecule has 118 valence electrons. The van der Waals surface area contributed by atoms with E-state index in [1.54, 1.807) is 6.92 Å². The van der Waals surface area contributed by atoms with E-state index in [9.17, 15) is 18.4 Å². The molecule has 0 fully saturated rings. The smallest absolute Gasteiger partial charge is 0.256 e. The van der Waals surface area contributed by atoms with E-state index in [4.69, 9.17) is 5.73 Å². The lowest BCUT2D eigenvalue weighted by molar-refractivity contribution is -0.114. The van der Waals surface area contributed by atoms with Gasteiger partial charge in [-0.3, -0.25) is 9.59 Å². The Kier molecular flexibility index (Phi) is 4.85. The molecule has 0 spiro atoms. The van der Waals surface area contributed by atoms with Gasteiger partial charge in [-0.05, 0) is 48.4 Å². The SMILES string of the molecule is Cc1ccc(C(=CC(N)=O)C(=O)Nc2ccc(F)cc2)cc1F. The summed E-state index contributed by atoms with van der Waals surface area (Å²) >= 11 is 0. The van der Waals surface area contributed by atoms with Crippen LogP contribution in [0, 0.1) is 18.6 Å². The fraction of sp³-hybridized carbons (Fsp3) is 0.0588. The molecule has 0 aliphatic heterocycles. The second-order valence-electron chi connectivity index (χ2n) is 4.89. The third-order valence-corrected chi connectivity index (χ3v) is 3.12. The molecule has 0 saturated heterocycles. The number of anilines is 1. The second-order valence-corrected chi connectivity index (χ2v) is 4.89. The zero-order valence-corrected chi connectivity index (χ0v) is 12.3. The van der Waals surface area contributed by atoms with Gasteiger partial charge in [-0.2, -0.15) is 0 Å². The predicted octanol–water partition coefficient (Wildman–Crippen LogP) is 2.78. The molecule has 0 aliphatic carbocycles. The molecule has 3 N–H and O–H groups in total. The zero-order valence-electron chi connectivity index (χ0n) is 12.3. The molecule has 4 nitrogen and oxygen atoms in total. The first-order chi connectivity index (χ1) is 10.9. The highest BCUT2D eigenvalue weighted by molar-refractivity contribution is 6.28. The Hall–Kier alpha value is -3.02. The average Bonchev–Trinajstić information content (AvgIpc) is 2.50. The fourth-order valence-corrected chi connectivity index (χ4v) is 1.91. The Morgan fingerprint density at radius 3 is 2.30 bits per heavy atom. The van der Waals surface area contributed by atoms with E-state index >= 15 is 0 Å². The largest absolute Gasteiger partial charge is 0.366 e. The lowest BCUT2D eigenvalue weighted by Crippen LogP contribution is -2.17. The van der Waals surface area contributed by atoms with Crippen molar-refractivity contribution in [1.29, 1.82) is 0 Å². The molecule has 0 atom stereocenters. The van der Waals surface area contributed by atoms with Crippen LogP contribution in [0.1, 0.15) is 11.1 Å². The number of nitrogens with two attached hydrogens (primary N) is 1. The van der Waals surface area contributed by atoms with Crippen LogP contribution >= 0.6 is 0 Å². The summed E-state index contributed by atoms with van der Waals surface area (Å²) in [5, 5.41) is 2.50. The molecular weight excluding hydrogens is 302 g/mol. The summed E-state index contributed by atoms with van der Waals surface area (Å²) in [6, 6.07) is 9.24. The van der Waals surface area contributed by atoms with Gasteiger partial charge in [0.2, 0.25) is 5.91 Å². The Bertz CT molecular complexity index is 784. The molecule has 2 amide bonds. The van der Waals surface area contributed by atoms with E-state index < -0.39 is 23.4 Å². The van der Waals surface area contributed by atoms with Crippen molar-refractivity contribution in [1.82, 2.24) is 0 Å². The van der Waals surface area contributed by atoms with Crippen molar-refractivity contribution in [2.75, 3.05) is 5.32 Å². The number of halogens is 2. The maximum absolute atomic E-state index is 13.7. The van der Waals surface area contributed by atoms with Crippen LogP contribution in [-0.4, -0.2) is 11.8 Å². The van der Waals surface area contributed by atoms with Crippen molar-refractivity contribution >= 4 is 23.1 Å². The summed E-state index contributed by atoms with van der Waals surface area (Å²) in [4.78, 5) is 23.5. The Morgan fingerprint density at radius 2 is 1.74 bits per heavy atom. The second kappa shape index (κ2) is 6.83. The van der Waals surface area contributed by atoms with Crippen LogP contribution in [0.3, 0.4) is 0 Å². The molecule has 0 aromatic heterocycles. The number of aryl methyl sites for hydroxylation is 1. The van der Waals surface area contributed by atoms with E-state index in [1.165, 1.54) is 36.4 Å². The van der Waals surface area contributed by atoms with Gasteiger partial charge in [-0.25, -0.2) is 8.78 Å². The van der Waals surface area contributed by atoms with Crippen LogP contribution in [0.5, 0.6) is 0 Å². The summed E-state index contributed by atoms with van der Waals surface area (Å²) in [6.07, 6.45) is 0.920. The molecule has 0 unspecified atom stereocenters. The van der Waals surface area contributed by atoms with Gasteiger partial charge in [0.1, 0.15) is 11.6 Å². The van der Waals surface area contributed by atoms with Crippen LogP contribution in [0.4, 0.5) is 14.5 Å². The normalized spacial score (nSPS) is 11.2. The van der Waals surface area contributed by atoms with Gasteiger partial charge in [-0.1, -0.05) is 12.1 Å². The van der Waals surface area contributed by atoms with Crippen molar-refractivity contribution in [2.24, 2.45) is 5.73 Å². The molecular formula is C17H14F2N2O2. The van der Waals surface area contributed by atoms with Gasteiger partial charge >= 0.3 is 0 Å². The first-order valence-electron chi connectivity index (χ1n) is 6.71. The zero-order chi connectivity index (χ0) is 17.0. The fourth-order valence-electron chi connectivity index (χ4n) is 1.91. The maximum atomic E-state index is 13.7. The highest BCUT2D eigenvalue weighted by atomic mass is 19.1. The molecule has 0 radical (unpaired) electrons.